The largest absolute Gasteiger partial charge is 0.489 e. The molecule has 0 unspecified atom stereocenters. The first-order valence-corrected chi connectivity index (χ1v) is 8.21. The Bertz CT molecular complexity index is 508. The van der Waals surface area contributed by atoms with E-state index >= 15 is 0 Å². The average molecular weight is 357 g/mol. The van der Waals surface area contributed by atoms with Crippen molar-refractivity contribution in [3.63, 3.8) is 0 Å². The molecule has 0 fully saturated rings. The minimum Gasteiger partial charge on any atom is -0.489 e. The summed E-state index contributed by atoms with van der Waals surface area (Å²) in [5.41, 5.74) is 6.11. The minimum absolute atomic E-state index is 0.0425. The Morgan fingerprint density at radius 1 is 1.44 bits per heavy atom. The van der Waals surface area contributed by atoms with Gasteiger partial charge < -0.3 is 10.5 Å². The molecule has 0 radical (unpaired) electrons. The summed E-state index contributed by atoms with van der Waals surface area (Å²) in [6, 6.07) is 3.20. The molecule has 7 heteroatoms. The number of halogens is 2. The van der Waals surface area contributed by atoms with Crippen molar-refractivity contribution < 1.29 is 13.2 Å². The van der Waals surface area contributed by atoms with E-state index in [0.717, 1.165) is 0 Å². The molecule has 102 valence electrons. The van der Waals surface area contributed by atoms with Gasteiger partial charge in [0.1, 0.15) is 6.61 Å². The van der Waals surface area contributed by atoms with Gasteiger partial charge in [-0.1, -0.05) is 11.6 Å². The van der Waals surface area contributed by atoms with Gasteiger partial charge in [0.15, 0.2) is 15.6 Å². The minimum atomic E-state index is -3.11. The lowest BCUT2D eigenvalue weighted by atomic mass is 10.3. The molecule has 0 amide bonds. The van der Waals surface area contributed by atoms with Gasteiger partial charge in [-0.2, -0.15) is 0 Å². The number of rotatable bonds is 5. The van der Waals surface area contributed by atoms with Crippen LogP contribution in [0.5, 0.6) is 5.75 Å². The summed E-state index contributed by atoms with van der Waals surface area (Å²) in [4.78, 5) is 0. The molecule has 0 saturated heterocycles. The highest BCUT2D eigenvalue weighted by Crippen LogP contribution is 2.34. The third-order valence-corrected chi connectivity index (χ3v) is 5.35. The molecular weight excluding hydrogens is 342 g/mol. The number of nitrogens with two attached hydrogens (primary N) is 1. The summed E-state index contributed by atoms with van der Waals surface area (Å²) >= 11 is 9.08. The molecule has 1 aromatic rings. The van der Waals surface area contributed by atoms with E-state index in [1.165, 1.54) is 0 Å². The lowest BCUT2D eigenvalue weighted by Gasteiger charge is -2.12. The molecule has 1 aromatic carbocycles. The van der Waals surface area contributed by atoms with Crippen LogP contribution >= 0.6 is 27.5 Å². The Hall–Kier alpha value is -0.460. The second kappa shape index (κ2) is 6.12. The van der Waals surface area contributed by atoms with Crippen molar-refractivity contribution in [3.8, 4) is 5.75 Å². The first kappa shape index (κ1) is 15.6. The van der Waals surface area contributed by atoms with E-state index in [0.29, 0.717) is 20.9 Å². The molecule has 0 aliphatic rings. The fourth-order valence-electron chi connectivity index (χ4n) is 1.23. The van der Waals surface area contributed by atoms with Gasteiger partial charge >= 0.3 is 0 Å². The topological polar surface area (TPSA) is 69.4 Å². The van der Waals surface area contributed by atoms with Crippen LogP contribution in [0.25, 0.3) is 0 Å². The monoisotopic (exact) mass is 355 g/mol. The van der Waals surface area contributed by atoms with E-state index in [1.807, 2.05) is 0 Å². The van der Waals surface area contributed by atoms with E-state index in [9.17, 15) is 8.42 Å². The third kappa shape index (κ3) is 4.03. The van der Waals surface area contributed by atoms with E-state index in [4.69, 9.17) is 22.1 Å². The molecule has 0 aromatic heterocycles. The van der Waals surface area contributed by atoms with Gasteiger partial charge in [0.2, 0.25) is 0 Å². The van der Waals surface area contributed by atoms with Crippen molar-refractivity contribution in [1.82, 2.24) is 0 Å². The fourth-order valence-corrected chi connectivity index (χ4v) is 2.96. The number of anilines is 1. The molecule has 0 heterocycles. The van der Waals surface area contributed by atoms with Gasteiger partial charge in [0, 0.05) is 5.02 Å². The molecule has 0 aliphatic carbocycles. The standard InChI is InChI=1S/C11H15BrClNO3S/c1-7(2)18(15,16)4-3-17-11-9(12)5-8(13)6-10(11)14/h5-7H,3-4,14H2,1-2H3. The first-order chi connectivity index (χ1) is 8.24. The van der Waals surface area contributed by atoms with Crippen LogP contribution in [-0.2, 0) is 9.84 Å². The first-order valence-electron chi connectivity index (χ1n) is 5.33. The van der Waals surface area contributed by atoms with Crippen molar-refractivity contribution >= 4 is 43.1 Å². The highest BCUT2D eigenvalue weighted by Gasteiger charge is 2.16. The van der Waals surface area contributed by atoms with Crippen molar-refractivity contribution in [2.45, 2.75) is 19.1 Å². The molecule has 0 spiro atoms. The number of nitrogen functional groups attached to an aromatic ring is 1. The fraction of sp³-hybridized carbons (Fsp3) is 0.455. The van der Waals surface area contributed by atoms with Gasteiger partial charge in [-0.3, -0.25) is 0 Å². The van der Waals surface area contributed by atoms with Crippen LogP contribution in [0, 0.1) is 0 Å². The number of hydrogen-bond acceptors (Lipinski definition) is 4. The van der Waals surface area contributed by atoms with Crippen molar-refractivity contribution in [2.24, 2.45) is 0 Å². The van der Waals surface area contributed by atoms with Crippen LogP contribution in [-0.4, -0.2) is 26.0 Å². The molecule has 2 N–H and O–H groups in total. The highest BCUT2D eigenvalue weighted by atomic mass is 79.9. The van der Waals surface area contributed by atoms with E-state index in [2.05, 4.69) is 15.9 Å². The zero-order chi connectivity index (χ0) is 13.9. The van der Waals surface area contributed by atoms with Gasteiger partial charge in [0.25, 0.3) is 0 Å². The van der Waals surface area contributed by atoms with E-state index < -0.39 is 15.1 Å². The van der Waals surface area contributed by atoms with Crippen molar-refractivity contribution in [2.75, 3.05) is 18.1 Å². The zero-order valence-electron chi connectivity index (χ0n) is 10.1. The predicted molar refractivity (Wildman–Crippen MR) is 78.0 cm³/mol. The lowest BCUT2D eigenvalue weighted by Crippen LogP contribution is -2.22. The molecule has 18 heavy (non-hydrogen) atoms. The van der Waals surface area contributed by atoms with Crippen LogP contribution in [0.15, 0.2) is 16.6 Å². The van der Waals surface area contributed by atoms with Crippen molar-refractivity contribution in [1.29, 1.82) is 0 Å². The predicted octanol–water partition coefficient (Wildman–Crippen LogP) is 2.89. The van der Waals surface area contributed by atoms with Gasteiger partial charge in [-0.05, 0) is 41.9 Å². The van der Waals surface area contributed by atoms with Crippen LogP contribution in [0.2, 0.25) is 5.02 Å². The molecular formula is C11H15BrClNO3S. The van der Waals surface area contributed by atoms with Gasteiger partial charge in [-0.25, -0.2) is 8.42 Å². The quantitative estimate of drug-likeness (QED) is 0.824. The normalized spacial score (nSPS) is 11.8. The number of hydrogen-bond donors (Lipinski definition) is 1. The number of ether oxygens (including phenoxy) is 1. The number of sulfone groups is 1. The number of benzene rings is 1. The van der Waals surface area contributed by atoms with Crippen LogP contribution < -0.4 is 10.5 Å². The maximum atomic E-state index is 11.6. The Morgan fingerprint density at radius 2 is 2.06 bits per heavy atom. The molecule has 0 atom stereocenters. The molecule has 1 rings (SSSR count). The van der Waals surface area contributed by atoms with Crippen LogP contribution in [0.1, 0.15) is 13.8 Å². The third-order valence-electron chi connectivity index (χ3n) is 2.37. The second-order valence-electron chi connectivity index (χ2n) is 4.07. The summed E-state index contributed by atoms with van der Waals surface area (Å²) in [6.07, 6.45) is 0. The zero-order valence-corrected chi connectivity index (χ0v) is 13.3. The molecule has 4 nitrogen and oxygen atoms in total. The summed E-state index contributed by atoms with van der Waals surface area (Å²) in [6.45, 7) is 3.34. The Labute approximate surface area is 121 Å². The van der Waals surface area contributed by atoms with Crippen LogP contribution in [0.4, 0.5) is 5.69 Å². The second-order valence-corrected chi connectivity index (χ2v) is 8.04. The Morgan fingerprint density at radius 3 is 2.56 bits per heavy atom. The lowest BCUT2D eigenvalue weighted by molar-refractivity contribution is 0.340. The van der Waals surface area contributed by atoms with Gasteiger partial charge in [-0.15, -0.1) is 0 Å². The SMILES string of the molecule is CC(C)S(=O)(=O)CCOc1c(N)cc(Cl)cc1Br. The van der Waals surface area contributed by atoms with Gasteiger partial charge in [0.05, 0.1) is 21.2 Å². The smallest absolute Gasteiger partial charge is 0.156 e. The maximum absolute atomic E-state index is 11.6. The van der Waals surface area contributed by atoms with Crippen molar-refractivity contribution in [3.05, 3.63) is 21.6 Å². The van der Waals surface area contributed by atoms with E-state index in [-0.39, 0.29) is 12.4 Å². The average Bonchev–Trinajstić information content (AvgIpc) is 2.21. The Balaban J connectivity index is 2.71. The summed E-state index contributed by atoms with van der Waals surface area (Å²) < 4.78 is 29.2. The van der Waals surface area contributed by atoms with E-state index in [1.54, 1.807) is 26.0 Å². The summed E-state index contributed by atoms with van der Waals surface area (Å²) in [5, 5.41) is 0.0774. The molecule has 0 saturated carbocycles. The Kier molecular flexibility index (Phi) is 5.31. The molecule has 0 aliphatic heterocycles. The van der Waals surface area contributed by atoms with Crippen LogP contribution in [0.3, 0.4) is 0 Å². The molecule has 0 bridgehead atoms. The summed E-state index contributed by atoms with van der Waals surface area (Å²) in [7, 11) is -3.11. The highest BCUT2D eigenvalue weighted by molar-refractivity contribution is 9.10. The summed E-state index contributed by atoms with van der Waals surface area (Å²) in [5.74, 6) is 0.373. The maximum Gasteiger partial charge on any atom is 0.156 e.